The summed E-state index contributed by atoms with van der Waals surface area (Å²) in [5.41, 5.74) is 7.39. The van der Waals surface area contributed by atoms with Crippen LogP contribution in [0.1, 0.15) is 31.6 Å². The monoisotopic (exact) mass is 273 g/mol. The average molecular weight is 273 g/mol. The van der Waals surface area contributed by atoms with Crippen LogP contribution in [-0.4, -0.2) is 22.9 Å². The number of anilines is 1. The molecule has 2 heterocycles. The van der Waals surface area contributed by atoms with Crippen molar-refractivity contribution in [2.75, 3.05) is 12.3 Å². The topological polar surface area (TPSA) is 74.2 Å². The Labute approximate surface area is 118 Å². The van der Waals surface area contributed by atoms with Crippen molar-refractivity contribution in [1.29, 1.82) is 0 Å². The van der Waals surface area contributed by atoms with Gasteiger partial charge in [-0.3, -0.25) is 0 Å². The van der Waals surface area contributed by atoms with E-state index in [0.717, 1.165) is 31.4 Å². The van der Waals surface area contributed by atoms with E-state index in [-0.39, 0.29) is 0 Å². The molecular formula is C15H19N3O2. The van der Waals surface area contributed by atoms with Gasteiger partial charge in [-0.05, 0) is 37.8 Å². The highest BCUT2D eigenvalue weighted by Crippen LogP contribution is 2.23. The third-order valence-corrected chi connectivity index (χ3v) is 3.62. The zero-order valence-corrected chi connectivity index (χ0v) is 11.4. The van der Waals surface area contributed by atoms with Crippen molar-refractivity contribution >= 4 is 5.69 Å². The molecule has 1 aliphatic rings. The molecule has 0 spiro atoms. The van der Waals surface area contributed by atoms with Crippen LogP contribution in [0.2, 0.25) is 0 Å². The number of nitrogens with two attached hydrogens (primary N) is 1. The molecule has 0 aliphatic carbocycles. The number of nitrogens with zero attached hydrogens (tertiary/aromatic N) is 2. The van der Waals surface area contributed by atoms with Crippen LogP contribution in [0.3, 0.4) is 0 Å². The summed E-state index contributed by atoms with van der Waals surface area (Å²) in [6.07, 6.45) is 5.58. The molecule has 1 atom stereocenters. The zero-order chi connectivity index (χ0) is 13.8. The Balaban J connectivity index is 1.63. The number of hydrogen-bond donors (Lipinski definition) is 1. The smallest absolute Gasteiger partial charge is 0.227 e. The molecule has 1 unspecified atom stereocenters. The van der Waals surface area contributed by atoms with Crippen LogP contribution in [0.25, 0.3) is 11.4 Å². The second-order valence-electron chi connectivity index (χ2n) is 5.13. The van der Waals surface area contributed by atoms with Crippen LogP contribution in [0.4, 0.5) is 5.69 Å². The van der Waals surface area contributed by atoms with E-state index in [1.54, 1.807) is 0 Å². The number of ether oxygens (including phenoxy) is 1. The van der Waals surface area contributed by atoms with Gasteiger partial charge in [0, 0.05) is 24.3 Å². The highest BCUT2D eigenvalue weighted by atomic mass is 16.5. The van der Waals surface area contributed by atoms with E-state index in [9.17, 15) is 0 Å². The Hall–Kier alpha value is -1.88. The second-order valence-corrected chi connectivity index (χ2v) is 5.13. The Bertz CT molecular complexity index is 562. The fraction of sp³-hybridized carbons (Fsp3) is 0.467. The average Bonchev–Trinajstić information content (AvgIpc) is 2.95. The normalized spacial score (nSPS) is 19.1. The largest absolute Gasteiger partial charge is 0.398 e. The van der Waals surface area contributed by atoms with Crippen LogP contribution >= 0.6 is 0 Å². The summed E-state index contributed by atoms with van der Waals surface area (Å²) in [5, 5.41) is 4.00. The Morgan fingerprint density at radius 3 is 2.95 bits per heavy atom. The van der Waals surface area contributed by atoms with Gasteiger partial charge in [0.15, 0.2) is 0 Å². The Morgan fingerprint density at radius 1 is 1.25 bits per heavy atom. The number of hydrogen-bond acceptors (Lipinski definition) is 5. The molecule has 0 radical (unpaired) electrons. The lowest BCUT2D eigenvalue weighted by Crippen LogP contribution is -2.19. The first kappa shape index (κ1) is 13.1. The summed E-state index contributed by atoms with van der Waals surface area (Å²) >= 11 is 0. The molecule has 2 N–H and O–H groups in total. The van der Waals surface area contributed by atoms with Gasteiger partial charge in [0.2, 0.25) is 11.7 Å². The lowest BCUT2D eigenvalue weighted by molar-refractivity contribution is 0.0104. The number of para-hydroxylation sites is 1. The third kappa shape index (κ3) is 2.99. The number of benzene rings is 1. The van der Waals surface area contributed by atoms with Crippen molar-refractivity contribution < 1.29 is 9.26 Å². The van der Waals surface area contributed by atoms with E-state index in [1.165, 1.54) is 12.8 Å². The Kier molecular flexibility index (Phi) is 3.97. The molecule has 3 rings (SSSR count). The standard InChI is InChI=1S/C15H19N3O2/c16-13-7-2-1-6-12(13)15-17-14(20-18-15)9-8-11-5-3-4-10-19-11/h1-2,6-7,11H,3-5,8-10,16H2. The molecule has 1 aromatic carbocycles. The lowest BCUT2D eigenvalue weighted by atomic mass is 10.0. The maximum atomic E-state index is 5.91. The molecule has 0 amide bonds. The molecule has 1 aromatic heterocycles. The second kappa shape index (κ2) is 6.05. The quantitative estimate of drug-likeness (QED) is 0.867. The van der Waals surface area contributed by atoms with Crippen LogP contribution in [0, 0.1) is 0 Å². The van der Waals surface area contributed by atoms with Crippen molar-refractivity contribution in [3.63, 3.8) is 0 Å². The Morgan fingerprint density at radius 2 is 2.15 bits per heavy atom. The van der Waals surface area contributed by atoms with Gasteiger partial charge in [0.1, 0.15) is 0 Å². The summed E-state index contributed by atoms with van der Waals surface area (Å²) in [6, 6.07) is 7.54. The molecule has 20 heavy (non-hydrogen) atoms. The van der Waals surface area contributed by atoms with E-state index >= 15 is 0 Å². The predicted molar refractivity (Wildman–Crippen MR) is 76.1 cm³/mol. The van der Waals surface area contributed by atoms with Gasteiger partial charge in [-0.25, -0.2) is 0 Å². The van der Waals surface area contributed by atoms with Gasteiger partial charge in [-0.2, -0.15) is 4.98 Å². The summed E-state index contributed by atoms with van der Waals surface area (Å²) in [5.74, 6) is 1.21. The highest BCUT2D eigenvalue weighted by Gasteiger charge is 2.16. The van der Waals surface area contributed by atoms with Crippen molar-refractivity contribution in [2.45, 2.75) is 38.2 Å². The van der Waals surface area contributed by atoms with Crippen LogP contribution in [0.15, 0.2) is 28.8 Å². The van der Waals surface area contributed by atoms with Crippen molar-refractivity contribution in [2.24, 2.45) is 0 Å². The molecule has 1 saturated heterocycles. The molecule has 0 saturated carbocycles. The van der Waals surface area contributed by atoms with E-state index < -0.39 is 0 Å². The molecule has 106 valence electrons. The molecule has 2 aromatic rings. The van der Waals surface area contributed by atoms with Gasteiger partial charge in [0.25, 0.3) is 0 Å². The number of rotatable bonds is 4. The first-order chi connectivity index (χ1) is 9.83. The first-order valence-electron chi connectivity index (χ1n) is 7.12. The van der Waals surface area contributed by atoms with E-state index in [0.29, 0.717) is 23.5 Å². The summed E-state index contributed by atoms with van der Waals surface area (Å²) in [6.45, 7) is 0.875. The number of aromatic nitrogens is 2. The maximum absolute atomic E-state index is 5.91. The number of aryl methyl sites for hydroxylation is 1. The SMILES string of the molecule is Nc1ccccc1-c1noc(CCC2CCCCO2)n1. The summed E-state index contributed by atoms with van der Waals surface area (Å²) in [7, 11) is 0. The molecular weight excluding hydrogens is 254 g/mol. The lowest BCUT2D eigenvalue weighted by Gasteiger charge is -2.21. The summed E-state index contributed by atoms with van der Waals surface area (Å²) < 4.78 is 11.0. The zero-order valence-electron chi connectivity index (χ0n) is 11.4. The fourth-order valence-corrected chi connectivity index (χ4v) is 2.49. The van der Waals surface area contributed by atoms with Crippen LogP contribution in [0.5, 0.6) is 0 Å². The van der Waals surface area contributed by atoms with Gasteiger partial charge < -0.3 is 15.0 Å². The number of nitrogen functional groups attached to an aromatic ring is 1. The van der Waals surface area contributed by atoms with Crippen molar-refractivity contribution in [3.8, 4) is 11.4 Å². The highest BCUT2D eigenvalue weighted by molar-refractivity contribution is 5.70. The molecule has 1 fully saturated rings. The molecule has 5 heteroatoms. The van der Waals surface area contributed by atoms with E-state index in [2.05, 4.69) is 10.1 Å². The molecule has 5 nitrogen and oxygen atoms in total. The molecule has 1 aliphatic heterocycles. The summed E-state index contributed by atoms with van der Waals surface area (Å²) in [4.78, 5) is 4.41. The minimum atomic E-state index is 0.334. The van der Waals surface area contributed by atoms with Crippen LogP contribution < -0.4 is 5.73 Å². The third-order valence-electron chi connectivity index (χ3n) is 3.62. The van der Waals surface area contributed by atoms with Crippen LogP contribution in [-0.2, 0) is 11.2 Å². The van der Waals surface area contributed by atoms with Crippen molar-refractivity contribution in [3.05, 3.63) is 30.2 Å². The van der Waals surface area contributed by atoms with E-state index in [1.807, 2.05) is 24.3 Å². The van der Waals surface area contributed by atoms with E-state index in [4.69, 9.17) is 15.0 Å². The minimum absolute atomic E-state index is 0.334. The minimum Gasteiger partial charge on any atom is -0.398 e. The van der Waals surface area contributed by atoms with Gasteiger partial charge in [-0.15, -0.1) is 0 Å². The predicted octanol–water partition coefficient (Wildman–Crippen LogP) is 2.82. The van der Waals surface area contributed by atoms with Gasteiger partial charge in [-0.1, -0.05) is 17.3 Å². The first-order valence-corrected chi connectivity index (χ1v) is 7.12. The molecule has 0 bridgehead atoms. The maximum Gasteiger partial charge on any atom is 0.227 e. The fourth-order valence-electron chi connectivity index (χ4n) is 2.49. The van der Waals surface area contributed by atoms with Gasteiger partial charge >= 0.3 is 0 Å². The van der Waals surface area contributed by atoms with Gasteiger partial charge in [0.05, 0.1) is 6.10 Å². The van der Waals surface area contributed by atoms with Crippen molar-refractivity contribution in [1.82, 2.24) is 10.1 Å².